The number of hydrogen-bond donors (Lipinski definition) is 1. The summed E-state index contributed by atoms with van der Waals surface area (Å²) in [5.74, 6) is -0.232. The number of rotatable bonds is 1. The summed E-state index contributed by atoms with van der Waals surface area (Å²) in [6, 6.07) is -0.589. The summed E-state index contributed by atoms with van der Waals surface area (Å²) >= 11 is 0. The minimum atomic E-state index is -0.855. The summed E-state index contributed by atoms with van der Waals surface area (Å²) in [7, 11) is 0. The highest BCUT2D eigenvalue weighted by atomic mass is 19.1. The summed E-state index contributed by atoms with van der Waals surface area (Å²) in [4.78, 5) is 23.5. The van der Waals surface area contributed by atoms with Gasteiger partial charge in [-0.05, 0) is 19.3 Å². The van der Waals surface area contributed by atoms with Crippen molar-refractivity contribution in [3.05, 3.63) is 0 Å². The van der Waals surface area contributed by atoms with Crippen molar-refractivity contribution in [1.29, 1.82) is 0 Å². The first kappa shape index (κ1) is 8.47. The van der Waals surface area contributed by atoms with Gasteiger partial charge in [0.2, 0.25) is 5.91 Å². The zero-order chi connectivity index (χ0) is 9.42. The second-order valence-corrected chi connectivity index (χ2v) is 3.49. The van der Waals surface area contributed by atoms with Crippen molar-refractivity contribution < 1.29 is 14.0 Å². The monoisotopic (exact) mass is 186 g/mol. The summed E-state index contributed by atoms with van der Waals surface area (Å²) < 4.78 is 12.8. The number of nitrogens with one attached hydrogen (secondary N) is 1. The highest BCUT2D eigenvalue weighted by Gasteiger charge is 2.38. The minimum absolute atomic E-state index is 0.0618. The first-order valence-electron chi connectivity index (χ1n) is 4.42. The third kappa shape index (κ3) is 1.38. The molecule has 0 bridgehead atoms. The molecule has 5 heteroatoms. The van der Waals surface area contributed by atoms with Crippen LogP contribution in [0.15, 0.2) is 0 Å². The van der Waals surface area contributed by atoms with Crippen LogP contribution >= 0.6 is 0 Å². The number of amides is 3. The van der Waals surface area contributed by atoms with Gasteiger partial charge in [-0.25, -0.2) is 9.18 Å². The van der Waals surface area contributed by atoms with Gasteiger partial charge in [0.25, 0.3) is 0 Å². The lowest BCUT2D eigenvalue weighted by Gasteiger charge is -2.19. The predicted octanol–water partition coefficient (Wildman–Crippen LogP) is 0.429. The topological polar surface area (TPSA) is 49.4 Å². The van der Waals surface area contributed by atoms with E-state index in [2.05, 4.69) is 5.32 Å². The predicted molar refractivity (Wildman–Crippen MR) is 42.8 cm³/mol. The van der Waals surface area contributed by atoms with E-state index < -0.39 is 6.17 Å². The third-order valence-corrected chi connectivity index (χ3v) is 2.58. The number of carbonyl (C=O) groups excluding carboxylic acids is 2. The minimum Gasteiger partial charge on any atom is -0.329 e. The van der Waals surface area contributed by atoms with E-state index in [1.807, 2.05) is 0 Å². The van der Waals surface area contributed by atoms with Gasteiger partial charge < -0.3 is 5.32 Å². The molecule has 0 aromatic heterocycles. The Balaban J connectivity index is 2.07. The van der Waals surface area contributed by atoms with Gasteiger partial charge in [-0.2, -0.15) is 0 Å². The Bertz CT molecular complexity index is 241. The van der Waals surface area contributed by atoms with Crippen LogP contribution in [0.5, 0.6) is 0 Å². The average molecular weight is 186 g/mol. The van der Waals surface area contributed by atoms with Crippen LogP contribution in [0.4, 0.5) is 9.18 Å². The van der Waals surface area contributed by atoms with Crippen LogP contribution in [-0.4, -0.2) is 35.6 Å². The molecule has 1 aliphatic carbocycles. The SMILES string of the molecule is O=C1CNC(=O)N1C1CCC(F)C1. The quantitative estimate of drug-likeness (QED) is 0.604. The van der Waals surface area contributed by atoms with Crippen molar-refractivity contribution in [2.75, 3.05) is 6.54 Å². The number of carbonyl (C=O) groups is 2. The first-order valence-corrected chi connectivity index (χ1v) is 4.42. The van der Waals surface area contributed by atoms with E-state index in [-0.39, 0.29) is 24.5 Å². The van der Waals surface area contributed by atoms with Gasteiger partial charge in [0, 0.05) is 6.04 Å². The Morgan fingerprint density at radius 3 is 2.62 bits per heavy atom. The molecule has 1 heterocycles. The molecule has 4 nitrogen and oxygen atoms in total. The van der Waals surface area contributed by atoms with Crippen LogP contribution in [0.25, 0.3) is 0 Å². The first-order chi connectivity index (χ1) is 6.18. The second kappa shape index (κ2) is 2.97. The smallest absolute Gasteiger partial charge is 0.324 e. The Kier molecular flexibility index (Phi) is 1.94. The third-order valence-electron chi connectivity index (χ3n) is 2.58. The molecule has 2 unspecified atom stereocenters. The molecule has 0 aromatic carbocycles. The fraction of sp³-hybridized carbons (Fsp3) is 0.750. The molecule has 0 aromatic rings. The summed E-state index contributed by atoms with van der Waals surface area (Å²) in [6.45, 7) is 0.0618. The second-order valence-electron chi connectivity index (χ2n) is 3.49. The van der Waals surface area contributed by atoms with E-state index in [0.717, 1.165) is 0 Å². The van der Waals surface area contributed by atoms with Crippen molar-refractivity contribution in [2.24, 2.45) is 0 Å². The standard InChI is InChI=1S/C8H11FN2O2/c9-5-1-2-6(3-5)11-7(12)4-10-8(11)13/h5-6H,1-4H2,(H,10,13). The molecule has 2 atom stereocenters. The summed E-state index contributed by atoms with van der Waals surface area (Å²) in [6.07, 6.45) is 0.507. The van der Waals surface area contributed by atoms with Crippen molar-refractivity contribution in [3.63, 3.8) is 0 Å². The number of halogens is 1. The van der Waals surface area contributed by atoms with Crippen LogP contribution in [0.1, 0.15) is 19.3 Å². The van der Waals surface area contributed by atoms with Gasteiger partial charge in [-0.1, -0.05) is 0 Å². The Morgan fingerprint density at radius 2 is 2.15 bits per heavy atom. The Labute approximate surface area is 75.1 Å². The van der Waals surface area contributed by atoms with E-state index in [4.69, 9.17) is 0 Å². The maximum Gasteiger partial charge on any atom is 0.324 e. The zero-order valence-corrected chi connectivity index (χ0v) is 7.12. The molecule has 2 aliphatic rings. The van der Waals surface area contributed by atoms with Crippen molar-refractivity contribution in [2.45, 2.75) is 31.5 Å². The largest absolute Gasteiger partial charge is 0.329 e. The van der Waals surface area contributed by atoms with Crippen LogP contribution in [0.2, 0.25) is 0 Å². The molecule has 2 fully saturated rings. The van der Waals surface area contributed by atoms with Crippen LogP contribution in [0.3, 0.4) is 0 Å². The molecule has 1 saturated carbocycles. The fourth-order valence-corrected chi connectivity index (χ4v) is 1.94. The molecule has 2 rings (SSSR count). The van der Waals surface area contributed by atoms with E-state index >= 15 is 0 Å². The number of nitrogens with zero attached hydrogens (tertiary/aromatic N) is 1. The van der Waals surface area contributed by atoms with Gasteiger partial charge >= 0.3 is 6.03 Å². The normalized spacial score (nSPS) is 34.1. The molecule has 0 radical (unpaired) electrons. The summed E-state index contributed by atoms with van der Waals surface area (Å²) in [5, 5.41) is 2.43. The molecule has 1 saturated heterocycles. The zero-order valence-electron chi connectivity index (χ0n) is 7.12. The van der Waals surface area contributed by atoms with Gasteiger partial charge in [0.1, 0.15) is 6.17 Å². The summed E-state index contributed by atoms with van der Waals surface area (Å²) in [5.41, 5.74) is 0. The lowest BCUT2D eigenvalue weighted by atomic mass is 10.2. The van der Waals surface area contributed by atoms with Crippen molar-refractivity contribution in [3.8, 4) is 0 Å². The van der Waals surface area contributed by atoms with E-state index in [1.54, 1.807) is 0 Å². The number of imide groups is 1. The Hall–Kier alpha value is -1.13. The van der Waals surface area contributed by atoms with Crippen LogP contribution < -0.4 is 5.32 Å². The molecule has 1 aliphatic heterocycles. The van der Waals surface area contributed by atoms with E-state index in [1.165, 1.54) is 4.90 Å². The maximum absolute atomic E-state index is 12.8. The van der Waals surface area contributed by atoms with Crippen molar-refractivity contribution in [1.82, 2.24) is 10.2 Å². The molecule has 1 N–H and O–H groups in total. The van der Waals surface area contributed by atoms with Gasteiger partial charge in [0.05, 0.1) is 6.54 Å². The molecular weight excluding hydrogens is 175 g/mol. The Morgan fingerprint density at radius 1 is 1.38 bits per heavy atom. The number of hydrogen-bond acceptors (Lipinski definition) is 2. The fourth-order valence-electron chi connectivity index (χ4n) is 1.94. The molecule has 3 amide bonds. The highest BCUT2D eigenvalue weighted by Crippen LogP contribution is 2.27. The number of urea groups is 1. The number of alkyl halides is 1. The van der Waals surface area contributed by atoms with Crippen molar-refractivity contribution >= 4 is 11.9 Å². The molecular formula is C8H11FN2O2. The highest BCUT2D eigenvalue weighted by molar-refractivity contribution is 6.02. The molecule has 72 valence electrons. The van der Waals surface area contributed by atoms with Crippen LogP contribution in [0, 0.1) is 0 Å². The molecule has 13 heavy (non-hydrogen) atoms. The van der Waals surface area contributed by atoms with Gasteiger partial charge in [-0.3, -0.25) is 9.69 Å². The maximum atomic E-state index is 12.8. The van der Waals surface area contributed by atoms with E-state index in [0.29, 0.717) is 19.3 Å². The average Bonchev–Trinajstić information content (AvgIpc) is 2.60. The van der Waals surface area contributed by atoms with E-state index in [9.17, 15) is 14.0 Å². The van der Waals surface area contributed by atoms with Gasteiger partial charge in [0.15, 0.2) is 0 Å². The lowest BCUT2D eigenvalue weighted by Crippen LogP contribution is -2.39. The van der Waals surface area contributed by atoms with Crippen LogP contribution in [-0.2, 0) is 4.79 Å². The molecule has 0 spiro atoms. The lowest BCUT2D eigenvalue weighted by molar-refractivity contribution is -0.126. The van der Waals surface area contributed by atoms with Gasteiger partial charge in [-0.15, -0.1) is 0 Å².